The first-order valence-corrected chi connectivity index (χ1v) is 19.7. The molecule has 0 aromatic heterocycles. The molecule has 0 bridgehead atoms. The van der Waals surface area contributed by atoms with Gasteiger partial charge in [0.1, 0.15) is 0 Å². The summed E-state index contributed by atoms with van der Waals surface area (Å²) in [5.74, 6) is -0.101. The number of carbonyl (C=O) groups excluding carboxylic acids is 1. The van der Waals surface area contributed by atoms with Crippen LogP contribution >= 0.6 is 0 Å². The minimum atomic E-state index is -0.880. The normalized spacial score (nSPS) is 14.4. The predicted molar refractivity (Wildman–Crippen MR) is 220 cm³/mol. The SMILES string of the molecule is C/C=C/CC/C=C/CC/C=C/C(O)C(CO)NC(=O)CCCCCCCCC/C=C\C/C=C\C/C=C\C/C=C\C/C=C\C/C=C\C/C=C\CC. The molecule has 4 heteroatoms. The Balaban J connectivity index is 3.69. The predicted octanol–water partition coefficient (Wildman–Crippen LogP) is 12.2. The van der Waals surface area contributed by atoms with E-state index in [1.165, 1.54) is 25.7 Å². The number of hydrogen-bond acceptors (Lipinski definition) is 3. The molecule has 2 atom stereocenters. The molecule has 0 heterocycles. The van der Waals surface area contributed by atoms with E-state index < -0.39 is 12.1 Å². The van der Waals surface area contributed by atoms with Crippen molar-refractivity contribution in [1.82, 2.24) is 5.32 Å². The molecule has 0 aromatic carbocycles. The largest absolute Gasteiger partial charge is 0.394 e. The molecule has 4 nitrogen and oxygen atoms in total. The van der Waals surface area contributed by atoms with Gasteiger partial charge in [0.2, 0.25) is 5.91 Å². The van der Waals surface area contributed by atoms with Gasteiger partial charge in [-0.15, -0.1) is 0 Å². The van der Waals surface area contributed by atoms with Gasteiger partial charge in [-0.25, -0.2) is 0 Å². The fourth-order valence-corrected chi connectivity index (χ4v) is 5.02. The van der Waals surface area contributed by atoms with Crippen LogP contribution < -0.4 is 5.32 Å². The Kier molecular flexibility index (Phi) is 37.6. The molecule has 2 unspecified atom stereocenters. The van der Waals surface area contributed by atoms with E-state index in [1.807, 2.05) is 13.0 Å². The van der Waals surface area contributed by atoms with E-state index in [4.69, 9.17) is 0 Å². The summed E-state index contributed by atoms with van der Waals surface area (Å²) in [4.78, 5) is 12.3. The first kappa shape index (κ1) is 46.8. The summed E-state index contributed by atoms with van der Waals surface area (Å²) in [6, 6.07) is -0.658. The Labute approximate surface area is 308 Å². The van der Waals surface area contributed by atoms with Crippen molar-refractivity contribution in [3.05, 3.63) is 122 Å². The highest BCUT2D eigenvalue weighted by atomic mass is 16.3. The smallest absolute Gasteiger partial charge is 0.220 e. The summed E-state index contributed by atoms with van der Waals surface area (Å²) >= 11 is 0. The Hall–Kier alpha value is -3.21. The van der Waals surface area contributed by atoms with Crippen LogP contribution in [0.15, 0.2) is 122 Å². The van der Waals surface area contributed by atoms with Gasteiger partial charge in [0.05, 0.1) is 18.8 Å². The van der Waals surface area contributed by atoms with Crippen LogP contribution in [-0.4, -0.2) is 34.9 Å². The quantitative estimate of drug-likeness (QED) is 0.0475. The van der Waals surface area contributed by atoms with E-state index in [2.05, 4.69) is 122 Å². The van der Waals surface area contributed by atoms with Crippen LogP contribution in [0.5, 0.6) is 0 Å². The molecule has 0 saturated carbocycles. The molecule has 0 aliphatic carbocycles. The number of unbranched alkanes of at least 4 members (excludes halogenated alkanes) is 9. The highest BCUT2D eigenvalue weighted by Gasteiger charge is 2.17. The first-order valence-electron chi connectivity index (χ1n) is 19.7. The first-order chi connectivity index (χ1) is 24.7. The van der Waals surface area contributed by atoms with E-state index in [9.17, 15) is 15.0 Å². The van der Waals surface area contributed by atoms with Gasteiger partial charge in [-0.05, 0) is 96.8 Å². The average molecular weight is 688 g/mol. The topological polar surface area (TPSA) is 69.6 Å². The molecule has 0 aromatic rings. The number of aliphatic hydroxyl groups excluding tert-OH is 2. The summed E-state index contributed by atoms with van der Waals surface area (Å²) in [5, 5.41) is 22.8. The van der Waals surface area contributed by atoms with Crippen molar-refractivity contribution in [3.63, 3.8) is 0 Å². The summed E-state index contributed by atoms with van der Waals surface area (Å²) < 4.78 is 0. The number of nitrogens with one attached hydrogen (secondary N) is 1. The summed E-state index contributed by atoms with van der Waals surface area (Å²) in [5.41, 5.74) is 0. The number of hydrogen-bond donors (Lipinski definition) is 3. The Morgan fingerprint density at radius 2 is 0.920 bits per heavy atom. The van der Waals surface area contributed by atoms with Gasteiger partial charge < -0.3 is 15.5 Å². The molecule has 0 fully saturated rings. The second-order valence-electron chi connectivity index (χ2n) is 12.6. The third kappa shape index (κ3) is 36.1. The Morgan fingerprint density at radius 1 is 0.520 bits per heavy atom. The molecule has 0 aliphatic heterocycles. The summed E-state index contributed by atoms with van der Waals surface area (Å²) in [6.07, 6.45) is 63.1. The van der Waals surface area contributed by atoms with Crippen molar-refractivity contribution < 1.29 is 15.0 Å². The lowest BCUT2D eigenvalue weighted by atomic mass is 10.1. The van der Waals surface area contributed by atoms with Gasteiger partial charge in [0.25, 0.3) is 0 Å². The van der Waals surface area contributed by atoms with Crippen molar-refractivity contribution in [1.29, 1.82) is 0 Å². The fraction of sp³-hybridized carbons (Fsp3) is 0.543. The van der Waals surface area contributed by atoms with Gasteiger partial charge in [-0.1, -0.05) is 161 Å². The number of allylic oxidation sites excluding steroid dienone is 19. The molecule has 0 radical (unpaired) electrons. The highest BCUT2D eigenvalue weighted by molar-refractivity contribution is 5.76. The third-order valence-corrected chi connectivity index (χ3v) is 8.00. The molecule has 50 heavy (non-hydrogen) atoms. The minimum absolute atomic E-state index is 0.101. The van der Waals surface area contributed by atoms with Crippen LogP contribution in [0.4, 0.5) is 0 Å². The van der Waals surface area contributed by atoms with Crippen molar-refractivity contribution in [3.8, 4) is 0 Å². The van der Waals surface area contributed by atoms with Crippen LogP contribution in [0.1, 0.15) is 142 Å². The van der Waals surface area contributed by atoms with Crippen LogP contribution in [0.25, 0.3) is 0 Å². The number of amides is 1. The zero-order valence-corrected chi connectivity index (χ0v) is 31.9. The van der Waals surface area contributed by atoms with Gasteiger partial charge in [-0.3, -0.25) is 4.79 Å². The Morgan fingerprint density at radius 3 is 1.40 bits per heavy atom. The molecular weight excluding hydrogens is 615 g/mol. The van der Waals surface area contributed by atoms with E-state index >= 15 is 0 Å². The number of carbonyl (C=O) groups is 1. The molecule has 0 saturated heterocycles. The Bertz CT molecular complexity index is 1050. The standard InChI is InChI=1S/C46H73NO3/c1-3-5-7-9-11-13-14-15-16-17-18-19-20-21-22-23-24-25-26-27-28-29-30-31-32-34-36-38-40-42-46(50)47-44(43-48)45(49)41-39-37-35-33-12-10-8-6-4-2/h4-7,11-13,15-16,18-19,21-22,24-25,27-28,33,39,41,44-45,48-49H,3,8-10,14,17,20,23,26,29-32,34-38,40,42-43H2,1-2H3,(H,47,50)/b6-4+,7-5-,13-11-,16-15-,19-18-,22-21-,25-24-,28-27-,33-12+,41-39+. The molecule has 0 aliphatic rings. The van der Waals surface area contributed by atoms with Gasteiger partial charge in [-0.2, -0.15) is 0 Å². The van der Waals surface area contributed by atoms with E-state index in [0.717, 1.165) is 96.3 Å². The average Bonchev–Trinajstić information content (AvgIpc) is 3.12. The summed E-state index contributed by atoms with van der Waals surface area (Å²) in [6.45, 7) is 3.91. The molecule has 0 rings (SSSR count). The zero-order valence-electron chi connectivity index (χ0n) is 31.9. The maximum Gasteiger partial charge on any atom is 0.220 e. The monoisotopic (exact) mass is 688 g/mol. The minimum Gasteiger partial charge on any atom is -0.394 e. The van der Waals surface area contributed by atoms with E-state index in [0.29, 0.717) is 6.42 Å². The van der Waals surface area contributed by atoms with Crippen LogP contribution in [-0.2, 0) is 4.79 Å². The number of aliphatic hydroxyl groups is 2. The van der Waals surface area contributed by atoms with E-state index in [1.54, 1.807) is 6.08 Å². The number of rotatable bonds is 33. The third-order valence-electron chi connectivity index (χ3n) is 8.00. The van der Waals surface area contributed by atoms with Gasteiger partial charge in [0.15, 0.2) is 0 Å². The van der Waals surface area contributed by atoms with Gasteiger partial charge in [0, 0.05) is 6.42 Å². The van der Waals surface area contributed by atoms with Crippen LogP contribution in [0, 0.1) is 0 Å². The molecule has 3 N–H and O–H groups in total. The van der Waals surface area contributed by atoms with Crippen LogP contribution in [0.3, 0.4) is 0 Å². The lowest BCUT2D eigenvalue weighted by molar-refractivity contribution is -0.123. The second kappa shape index (κ2) is 40.2. The van der Waals surface area contributed by atoms with Gasteiger partial charge >= 0.3 is 0 Å². The van der Waals surface area contributed by atoms with Crippen molar-refractivity contribution >= 4 is 5.91 Å². The highest BCUT2D eigenvalue weighted by Crippen LogP contribution is 2.11. The molecule has 0 spiro atoms. The van der Waals surface area contributed by atoms with Crippen molar-refractivity contribution in [2.45, 2.75) is 154 Å². The maximum atomic E-state index is 12.3. The maximum absolute atomic E-state index is 12.3. The molecule has 1 amide bonds. The summed E-state index contributed by atoms with van der Waals surface area (Å²) in [7, 11) is 0. The lowest BCUT2D eigenvalue weighted by Crippen LogP contribution is -2.45. The van der Waals surface area contributed by atoms with Crippen molar-refractivity contribution in [2.75, 3.05) is 6.61 Å². The fourth-order valence-electron chi connectivity index (χ4n) is 5.02. The van der Waals surface area contributed by atoms with Crippen LogP contribution in [0.2, 0.25) is 0 Å². The van der Waals surface area contributed by atoms with Crippen molar-refractivity contribution in [2.24, 2.45) is 0 Å². The second-order valence-corrected chi connectivity index (χ2v) is 12.6. The molecule has 280 valence electrons. The molecular formula is C46H73NO3. The zero-order chi connectivity index (χ0) is 36.4. The van der Waals surface area contributed by atoms with E-state index in [-0.39, 0.29) is 12.5 Å². The lowest BCUT2D eigenvalue weighted by Gasteiger charge is -2.19.